The number of hydrogen-bond acceptors (Lipinski definition) is 2. The van der Waals surface area contributed by atoms with Crippen molar-refractivity contribution in [2.45, 2.75) is 6.42 Å². The van der Waals surface area contributed by atoms with Gasteiger partial charge in [-0.05, 0) is 40.3 Å². The molecule has 2 nitrogen and oxygen atoms in total. The molecule has 0 aromatic heterocycles. The summed E-state index contributed by atoms with van der Waals surface area (Å²) in [5, 5.41) is 0. The zero-order valence-corrected chi connectivity index (χ0v) is 11.5. The lowest BCUT2D eigenvalue weighted by Crippen LogP contribution is -2.04. The van der Waals surface area contributed by atoms with E-state index in [0.717, 1.165) is 27.2 Å². The predicted molar refractivity (Wildman–Crippen MR) is 75.0 cm³/mol. The molecule has 0 saturated heterocycles. The number of fused-ring (bicyclic) bond motifs is 2. The molecule has 1 heterocycles. The molecule has 86 valence electrons. The summed E-state index contributed by atoms with van der Waals surface area (Å²) in [6.45, 7) is 0. The lowest BCUT2D eigenvalue weighted by molar-refractivity contribution is 0.405. The highest BCUT2D eigenvalue weighted by molar-refractivity contribution is 14.1. The Kier molecular flexibility index (Phi) is 2.70. The molecule has 0 fully saturated rings. The van der Waals surface area contributed by atoms with E-state index in [1.54, 1.807) is 7.11 Å². The molecular weight excluding hydrogens is 327 g/mol. The Bertz CT molecular complexity index is 578. The van der Waals surface area contributed by atoms with Crippen molar-refractivity contribution in [2.24, 2.45) is 0 Å². The van der Waals surface area contributed by atoms with Crippen LogP contribution >= 0.6 is 22.6 Å². The van der Waals surface area contributed by atoms with E-state index in [4.69, 9.17) is 9.47 Å². The van der Waals surface area contributed by atoms with Crippen molar-refractivity contribution in [3.63, 3.8) is 0 Å². The summed E-state index contributed by atoms with van der Waals surface area (Å²) in [7, 11) is 1.67. The summed E-state index contributed by atoms with van der Waals surface area (Å²) in [6.07, 6.45) is 0.922. The van der Waals surface area contributed by atoms with Gasteiger partial charge >= 0.3 is 0 Å². The zero-order valence-electron chi connectivity index (χ0n) is 9.37. The van der Waals surface area contributed by atoms with Crippen LogP contribution in [0.2, 0.25) is 0 Å². The van der Waals surface area contributed by atoms with Crippen LogP contribution in [-0.4, -0.2) is 7.11 Å². The molecule has 0 bridgehead atoms. The highest BCUT2D eigenvalue weighted by Gasteiger charge is 2.19. The van der Waals surface area contributed by atoms with Gasteiger partial charge in [0.05, 0.1) is 10.7 Å². The second-order valence-electron chi connectivity index (χ2n) is 3.98. The molecule has 0 N–H and O–H groups in total. The maximum Gasteiger partial charge on any atom is 0.144 e. The third kappa shape index (κ3) is 1.88. The molecule has 0 radical (unpaired) electrons. The van der Waals surface area contributed by atoms with Crippen molar-refractivity contribution in [1.29, 1.82) is 0 Å². The topological polar surface area (TPSA) is 18.5 Å². The summed E-state index contributed by atoms with van der Waals surface area (Å²) in [6, 6.07) is 12.2. The lowest BCUT2D eigenvalue weighted by atomic mass is 10.0. The number of benzene rings is 2. The Morgan fingerprint density at radius 2 is 2.06 bits per heavy atom. The van der Waals surface area contributed by atoms with Gasteiger partial charge in [-0.15, -0.1) is 0 Å². The van der Waals surface area contributed by atoms with Crippen molar-refractivity contribution in [1.82, 2.24) is 0 Å². The number of methoxy groups -OCH3 is 1. The third-order valence-corrected chi connectivity index (χ3v) is 3.77. The second kappa shape index (κ2) is 4.22. The molecule has 0 unspecified atom stereocenters. The van der Waals surface area contributed by atoms with Gasteiger partial charge in [-0.25, -0.2) is 0 Å². The van der Waals surface area contributed by atoms with E-state index in [1.165, 1.54) is 11.1 Å². The van der Waals surface area contributed by atoms with Gasteiger partial charge in [0.1, 0.15) is 17.2 Å². The molecule has 2 aromatic rings. The van der Waals surface area contributed by atoms with Crippen LogP contribution < -0.4 is 9.47 Å². The molecule has 3 heteroatoms. The highest BCUT2D eigenvalue weighted by atomic mass is 127. The molecule has 0 amide bonds. The molecule has 1 aliphatic rings. The van der Waals surface area contributed by atoms with Gasteiger partial charge < -0.3 is 9.47 Å². The van der Waals surface area contributed by atoms with E-state index in [1.807, 2.05) is 12.1 Å². The van der Waals surface area contributed by atoms with E-state index in [9.17, 15) is 0 Å². The Labute approximate surface area is 114 Å². The smallest absolute Gasteiger partial charge is 0.144 e. The second-order valence-corrected chi connectivity index (χ2v) is 5.14. The minimum atomic E-state index is 0.832. The van der Waals surface area contributed by atoms with Gasteiger partial charge in [-0.1, -0.05) is 18.2 Å². The number of halogens is 1. The average molecular weight is 338 g/mol. The molecule has 0 atom stereocenters. The number of ether oxygens (including phenoxy) is 2. The van der Waals surface area contributed by atoms with Crippen LogP contribution in [0.4, 0.5) is 0 Å². The predicted octanol–water partition coefficient (Wildman–Crippen LogP) is 4.00. The SMILES string of the molecule is COc1ccc2c(c1)Oc1c(I)cccc1C2. The maximum atomic E-state index is 5.96. The van der Waals surface area contributed by atoms with Crippen molar-refractivity contribution in [3.8, 4) is 17.2 Å². The van der Waals surface area contributed by atoms with Gasteiger partial charge in [0.2, 0.25) is 0 Å². The van der Waals surface area contributed by atoms with Crippen LogP contribution in [-0.2, 0) is 6.42 Å². The van der Waals surface area contributed by atoms with E-state index in [0.29, 0.717) is 0 Å². The van der Waals surface area contributed by atoms with Crippen LogP contribution in [0.1, 0.15) is 11.1 Å². The van der Waals surface area contributed by atoms with Gasteiger partial charge in [0, 0.05) is 18.1 Å². The standard InChI is InChI=1S/C14H11IO2/c1-16-11-6-5-9-7-10-3-2-4-12(15)14(10)17-13(9)8-11/h2-6,8H,7H2,1H3. The molecule has 2 aromatic carbocycles. The van der Waals surface area contributed by atoms with Gasteiger partial charge in [-0.3, -0.25) is 0 Å². The first-order valence-electron chi connectivity index (χ1n) is 5.40. The largest absolute Gasteiger partial charge is 0.497 e. The average Bonchev–Trinajstić information content (AvgIpc) is 2.37. The van der Waals surface area contributed by atoms with E-state index in [2.05, 4.69) is 46.9 Å². The first kappa shape index (κ1) is 10.9. The minimum absolute atomic E-state index is 0.832. The molecule has 1 aliphatic heterocycles. The lowest BCUT2D eigenvalue weighted by Gasteiger charge is -2.21. The van der Waals surface area contributed by atoms with E-state index < -0.39 is 0 Å². The number of para-hydroxylation sites is 1. The van der Waals surface area contributed by atoms with E-state index >= 15 is 0 Å². The molecule has 17 heavy (non-hydrogen) atoms. The Hall–Kier alpha value is -1.23. The molecule has 0 aliphatic carbocycles. The quantitative estimate of drug-likeness (QED) is 0.625. The highest BCUT2D eigenvalue weighted by Crippen LogP contribution is 2.40. The number of hydrogen-bond donors (Lipinski definition) is 0. The molecule has 0 spiro atoms. The van der Waals surface area contributed by atoms with Gasteiger partial charge in [-0.2, -0.15) is 0 Å². The van der Waals surface area contributed by atoms with Crippen molar-refractivity contribution >= 4 is 22.6 Å². The Balaban J connectivity index is 2.08. The normalized spacial score (nSPS) is 12.4. The van der Waals surface area contributed by atoms with Crippen LogP contribution in [0.15, 0.2) is 36.4 Å². The number of rotatable bonds is 1. The van der Waals surface area contributed by atoms with Crippen LogP contribution in [0.5, 0.6) is 17.2 Å². The maximum absolute atomic E-state index is 5.96. The summed E-state index contributed by atoms with van der Waals surface area (Å²) >= 11 is 2.30. The Morgan fingerprint density at radius 1 is 1.18 bits per heavy atom. The summed E-state index contributed by atoms with van der Waals surface area (Å²) in [4.78, 5) is 0. The van der Waals surface area contributed by atoms with Crippen molar-refractivity contribution in [2.75, 3.05) is 7.11 Å². The van der Waals surface area contributed by atoms with E-state index in [-0.39, 0.29) is 0 Å². The fourth-order valence-electron chi connectivity index (χ4n) is 2.03. The van der Waals surface area contributed by atoms with Gasteiger partial charge in [0.15, 0.2) is 0 Å². The Morgan fingerprint density at radius 3 is 2.88 bits per heavy atom. The molecule has 0 saturated carbocycles. The minimum Gasteiger partial charge on any atom is -0.497 e. The van der Waals surface area contributed by atoms with Crippen LogP contribution in [0.3, 0.4) is 0 Å². The molecule has 3 rings (SSSR count). The first-order valence-corrected chi connectivity index (χ1v) is 6.48. The van der Waals surface area contributed by atoms with Crippen molar-refractivity contribution < 1.29 is 9.47 Å². The summed E-state index contributed by atoms with van der Waals surface area (Å²) in [5.41, 5.74) is 2.45. The zero-order chi connectivity index (χ0) is 11.8. The fraction of sp³-hybridized carbons (Fsp3) is 0.143. The summed E-state index contributed by atoms with van der Waals surface area (Å²) < 4.78 is 12.3. The molecular formula is C14H11IO2. The van der Waals surface area contributed by atoms with Gasteiger partial charge in [0.25, 0.3) is 0 Å². The van der Waals surface area contributed by atoms with Crippen LogP contribution in [0.25, 0.3) is 0 Å². The summed E-state index contributed by atoms with van der Waals surface area (Å²) in [5.74, 6) is 2.72. The van der Waals surface area contributed by atoms with Crippen LogP contribution in [0, 0.1) is 3.57 Å². The fourth-order valence-corrected chi connectivity index (χ4v) is 2.69. The third-order valence-electron chi connectivity index (χ3n) is 2.92. The van der Waals surface area contributed by atoms with Crippen molar-refractivity contribution in [3.05, 3.63) is 51.1 Å². The monoisotopic (exact) mass is 338 g/mol. The first-order chi connectivity index (χ1) is 8.28.